The Morgan fingerprint density at radius 1 is 1.40 bits per heavy atom. The van der Waals surface area contributed by atoms with E-state index in [-0.39, 0.29) is 6.61 Å². The van der Waals surface area contributed by atoms with E-state index >= 15 is 0 Å². The third-order valence-electron chi connectivity index (χ3n) is 2.08. The van der Waals surface area contributed by atoms with Gasteiger partial charge in [0.2, 0.25) is 0 Å². The summed E-state index contributed by atoms with van der Waals surface area (Å²) in [4.78, 5) is 16.9. The van der Waals surface area contributed by atoms with Crippen LogP contribution in [0.1, 0.15) is 40.0 Å². The Hall–Kier alpha value is -0.150. The van der Waals surface area contributed by atoms with Crippen molar-refractivity contribution in [3.8, 4) is 0 Å². The molecule has 0 amide bonds. The van der Waals surface area contributed by atoms with Crippen molar-refractivity contribution in [1.29, 1.82) is 0 Å². The standard InChI is InChI=1S/C10H21O4P/c1-9(2)5-4-6-10(3)7-8-14-15(11,12)13/h5,10H,4,6-8H2,1-3H3,(H2,11,12,13)/t10-/m1/s1. The number of phosphoric ester groups is 1. The van der Waals surface area contributed by atoms with Crippen LogP contribution in [-0.2, 0) is 9.09 Å². The molecular weight excluding hydrogens is 215 g/mol. The quantitative estimate of drug-likeness (QED) is 0.527. The molecule has 0 saturated carbocycles. The molecule has 0 spiro atoms. The summed E-state index contributed by atoms with van der Waals surface area (Å²) in [5.41, 5.74) is 1.30. The van der Waals surface area contributed by atoms with Crippen molar-refractivity contribution in [3.05, 3.63) is 11.6 Å². The Morgan fingerprint density at radius 3 is 2.47 bits per heavy atom. The van der Waals surface area contributed by atoms with Gasteiger partial charge in [0.1, 0.15) is 0 Å². The number of hydrogen-bond donors (Lipinski definition) is 2. The summed E-state index contributed by atoms with van der Waals surface area (Å²) in [6.07, 6.45) is 4.89. The van der Waals surface area contributed by atoms with Crippen LogP contribution in [0.3, 0.4) is 0 Å². The minimum absolute atomic E-state index is 0.125. The highest BCUT2D eigenvalue weighted by Gasteiger charge is 2.13. The second-order valence-corrected chi connectivity index (χ2v) is 5.32. The summed E-state index contributed by atoms with van der Waals surface area (Å²) in [6.45, 7) is 6.30. The zero-order chi connectivity index (χ0) is 11.9. The summed E-state index contributed by atoms with van der Waals surface area (Å²) >= 11 is 0. The van der Waals surface area contributed by atoms with Crippen LogP contribution in [0.2, 0.25) is 0 Å². The second-order valence-electron chi connectivity index (χ2n) is 4.08. The fourth-order valence-corrected chi connectivity index (χ4v) is 1.52. The topological polar surface area (TPSA) is 66.8 Å². The average Bonchev–Trinajstić information content (AvgIpc) is 2.00. The Balaban J connectivity index is 3.54. The van der Waals surface area contributed by atoms with E-state index in [9.17, 15) is 4.57 Å². The molecule has 0 saturated heterocycles. The molecular formula is C10H21O4P. The first kappa shape index (κ1) is 14.8. The molecule has 0 aromatic carbocycles. The molecule has 15 heavy (non-hydrogen) atoms. The molecule has 0 aromatic rings. The lowest BCUT2D eigenvalue weighted by molar-refractivity contribution is 0.185. The maximum Gasteiger partial charge on any atom is 0.469 e. The van der Waals surface area contributed by atoms with Gasteiger partial charge in [-0.15, -0.1) is 0 Å². The molecule has 0 aliphatic carbocycles. The Bertz CT molecular complexity index is 240. The minimum Gasteiger partial charge on any atom is -0.303 e. The number of phosphoric acid groups is 1. The van der Waals surface area contributed by atoms with E-state index in [0.717, 1.165) is 12.8 Å². The third kappa shape index (κ3) is 11.8. The number of rotatable bonds is 7. The molecule has 0 fully saturated rings. The first-order valence-corrected chi connectivity index (χ1v) is 6.67. The van der Waals surface area contributed by atoms with Gasteiger partial charge in [0.15, 0.2) is 0 Å². The molecule has 2 N–H and O–H groups in total. The molecule has 90 valence electrons. The van der Waals surface area contributed by atoms with Crippen molar-refractivity contribution in [2.45, 2.75) is 40.0 Å². The summed E-state index contributed by atoms with van der Waals surface area (Å²) in [6, 6.07) is 0. The van der Waals surface area contributed by atoms with E-state index in [4.69, 9.17) is 9.79 Å². The minimum atomic E-state index is -4.28. The van der Waals surface area contributed by atoms with Crippen molar-refractivity contribution in [2.24, 2.45) is 5.92 Å². The van der Waals surface area contributed by atoms with E-state index in [2.05, 4.69) is 31.4 Å². The van der Waals surface area contributed by atoms with Gasteiger partial charge >= 0.3 is 7.82 Å². The van der Waals surface area contributed by atoms with Crippen LogP contribution in [0.25, 0.3) is 0 Å². The smallest absolute Gasteiger partial charge is 0.303 e. The molecule has 4 nitrogen and oxygen atoms in total. The van der Waals surface area contributed by atoms with Gasteiger partial charge < -0.3 is 9.79 Å². The molecule has 5 heteroatoms. The molecule has 0 heterocycles. The maximum atomic E-state index is 10.4. The van der Waals surface area contributed by atoms with Crippen molar-refractivity contribution >= 4 is 7.82 Å². The molecule has 1 atom stereocenters. The van der Waals surface area contributed by atoms with Crippen LogP contribution in [0.5, 0.6) is 0 Å². The largest absolute Gasteiger partial charge is 0.469 e. The highest BCUT2D eigenvalue weighted by Crippen LogP contribution is 2.36. The lowest BCUT2D eigenvalue weighted by Crippen LogP contribution is -2.00. The van der Waals surface area contributed by atoms with Gasteiger partial charge in [-0.1, -0.05) is 18.6 Å². The van der Waals surface area contributed by atoms with Crippen molar-refractivity contribution in [2.75, 3.05) is 6.61 Å². The van der Waals surface area contributed by atoms with Crippen molar-refractivity contribution < 1.29 is 18.9 Å². The van der Waals surface area contributed by atoms with Gasteiger partial charge in [0.05, 0.1) is 6.61 Å². The first-order chi connectivity index (χ1) is 6.81. The van der Waals surface area contributed by atoms with Crippen molar-refractivity contribution in [3.63, 3.8) is 0 Å². The zero-order valence-electron chi connectivity index (χ0n) is 9.64. The van der Waals surface area contributed by atoms with E-state index in [1.807, 2.05) is 0 Å². The fourth-order valence-electron chi connectivity index (χ4n) is 1.17. The molecule has 0 radical (unpaired) electrons. The van der Waals surface area contributed by atoms with Crippen LogP contribution < -0.4 is 0 Å². The molecule has 0 aliphatic rings. The third-order valence-corrected chi connectivity index (χ3v) is 2.60. The number of allylic oxidation sites excluding steroid dienone is 2. The number of hydrogen-bond acceptors (Lipinski definition) is 2. The Labute approximate surface area is 91.6 Å². The summed E-state index contributed by atoms with van der Waals surface area (Å²) < 4.78 is 14.8. The van der Waals surface area contributed by atoms with E-state index in [1.165, 1.54) is 5.57 Å². The molecule has 0 aromatic heterocycles. The molecule has 0 bridgehead atoms. The van der Waals surface area contributed by atoms with Gasteiger partial charge in [0, 0.05) is 0 Å². The van der Waals surface area contributed by atoms with Crippen LogP contribution in [0.4, 0.5) is 0 Å². The lowest BCUT2D eigenvalue weighted by Gasteiger charge is -2.10. The summed E-state index contributed by atoms with van der Waals surface area (Å²) in [5.74, 6) is 0.423. The molecule has 0 rings (SSSR count). The first-order valence-electron chi connectivity index (χ1n) is 5.14. The van der Waals surface area contributed by atoms with Gasteiger partial charge in [0.25, 0.3) is 0 Å². The van der Waals surface area contributed by atoms with Gasteiger partial charge in [-0.05, 0) is 39.0 Å². The van der Waals surface area contributed by atoms with Gasteiger partial charge in [-0.3, -0.25) is 4.52 Å². The predicted octanol–water partition coefficient (Wildman–Crippen LogP) is 2.87. The molecule has 0 aliphatic heterocycles. The van der Waals surface area contributed by atoms with Gasteiger partial charge in [-0.2, -0.15) is 0 Å². The fraction of sp³-hybridized carbons (Fsp3) is 0.800. The van der Waals surface area contributed by atoms with Crippen LogP contribution in [0, 0.1) is 5.92 Å². The van der Waals surface area contributed by atoms with E-state index < -0.39 is 7.82 Å². The highest BCUT2D eigenvalue weighted by molar-refractivity contribution is 7.46. The van der Waals surface area contributed by atoms with E-state index in [0.29, 0.717) is 12.3 Å². The second kappa shape index (κ2) is 7.18. The highest BCUT2D eigenvalue weighted by atomic mass is 31.2. The lowest BCUT2D eigenvalue weighted by atomic mass is 10.0. The maximum absolute atomic E-state index is 10.4. The summed E-state index contributed by atoms with van der Waals surface area (Å²) in [5, 5.41) is 0. The van der Waals surface area contributed by atoms with Gasteiger partial charge in [-0.25, -0.2) is 4.57 Å². The summed E-state index contributed by atoms with van der Waals surface area (Å²) in [7, 11) is -4.28. The van der Waals surface area contributed by atoms with Crippen LogP contribution in [0.15, 0.2) is 11.6 Å². The van der Waals surface area contributed by atoms with E-state index in [1.54, 1.807) is 0 Å². The predicted molar refractivity (Wildman–Crippen MR) is 60.4 cm³/mol. The van der Waals surface area contributed by atoms with Crippen LogP contribution >= 0.6 is 7.82 Å². The van der Waals surface area contributed by atoms with Crippen molar-refractivity contribution in [1.82, 2.24) is 0 Å². The molecule has 0 unspecified atom stereocenters. The monoisotopic (exact) mass is 236 g/mol. The average molecular weight is 236 g/mol. The SMILES string of the molecule is CC(C)=CCC[C@@H](C)CCOP(=O)(O)O. The van der Waals surface area contributed by atoms with Crippen LogP contribution in [-0.4, -0.2) is 16.4 Å². The zero-order valence-corrected chi connectivity index (χ0v) is 10.5. The normalized spacial score (nSPS) is 13.7. The Morgan fingerprint density at radius 2 is 2.00 bits per heavy atom. The Kier molecular flexibility index (Phi) is 7.11.